The molecule has 5 rings (SSSR count). The number of nitrogens with one attached hydrogen (secondary N) is 2. The first-order chi connectivity index (χ1) is 15.2. The predicted octanol–water partition coefficient (Wildman–Crippen LogP) is 6.09. The maximum absolute atomic E-state index is 6.03. The molecule has 0 bridgehead atoms. The van der Waals surface area contributed by atoms with Gasteiger partial charge in [-0.1, -0.05) is 24.4 Å². The molecule has 0 atom stereocenters. The molecule has 2 heterocycles. The Hall–Kier alpha value is -3.32. The first kappa shape index (κ1) is 19.6. The van der Waals surface area contributed by atoms with Crippen LogP contribution >= 0.6 is 11.6 Å². The quantitative estimate of drug-likeness (QED) is 0.382. The van der Waals surface area contributed by atoms with Gasteiger partial charge in [-0.3, -0.25) is 4.57 Å². The summed E-state index contributed by atoms with van der Waals surface area (Å²) < 4.78 is 7.44. The zero-order valence-electron chi connectivity index (χ0n) is 17.2. The van der Waals surface area contributed by atoms with E-state index in [4.69, 9.17) is 26.3 Å². The van der Waals surface area contributed by atoms with Crippen LogP contribution < -0.4 is 15.4 Å². The fraction of sp³-hybridized carbons (Fsp3) is 0.261. The molecular weight excluding hydrogens is 412 g/mol. The number of imidazole rings is 1. The van der Waals surface area contributed by atoms with Crippen LogP contribution in [0.3, 0.4) is 0 Å². The van der Waals surface area contributed by atoms with Gasteiger partial charge in [0.05, 0.1) is 13.3 Å². The molecule has 0 amide bonds. The Morgan fingerprint density at radius 1 is 0.935 bits per heavy atom. The lowest BCUT2D eigenvalue weighted by molar-refractivity contribution is 0.415. The van der Waals surface area contributed by atoms with Crippen LogP contribution in [0.4, 0.5) is 23.3 Å². The van der Waals surface area contributed by atoms with Crippen LogP contribution in [-0.2, 0) is 0 Å². The molecule has 4 aromatic rings. The molecule has 1 fully saturated rings. The molecule has 158 valence electrons. The van der Waals surface area contributed by atoms with Gasteiger partial charge in [0, 0.05) is 22.4 Å². The van der Waals surface area contributed by atoms with E-state index in [0.717, 1.165) is 47.1 Å². The third-order valence-corrected chi connectivity index (χ3v) is 5.82. The SMILES string of the molecule is COc1ccc(Nc2ncc3nc(Nc4ccc(Cl)cc4)n(C4CCCC4)c3n2)cc1. The molecule has 8 heteroatoms. The van der Waals surface area contributed by atoms with Gasteiger partial charge >= 0.3 is 0 Å². The molecule has 1 aliphatic carbocycles. The summed E-state index contributed by atoms with van der Waals surface area (Å²) >= 11 is 6.03. The lowest BCUT2D eigenvalue weighted by Gasteiger charge is -2.16. The summed E-state index contributed by atoms with van der Waals surface area (Å²) in [6.45, 7) is 0. The summed E-state index contributed by atoms with van der Waals surface area (Å²) in [7, 11) is 1.65. The number of benzene rings is 2. The second kappa shape index (κ2) is 8.43. The van der Waals surface area contributed by atoms with Gasteiger partial charge in [0.15, 0.2) is 5.65 Å². The highest BCUT2D eigenvalue weighted by atomic mass is 35.5. The van der Waals surface area contributed by atoms with Crippen LogP contribution in [0, 0.1) is 0 Å². The van der Waals surface area contributed by atoms with Crippen molar-refractivity contribution in [1.29, 1.82) is 0 Å². The molecule has 1 saturated carbocycles. The van der Waals surface area contributed by atoms with Crippen LogP contribution in [0.2, 0.25) is 5.02 Å². The van der Waals surface area contributed by atoms with Crippen LogP contribution in [0.1, 0.15) is 31.7 Å². The van der Waals surface area contributed by atoms with Crippen molar-refractivity contribution >= 4 is 46.0 Å². The average Bonchev–Trinajstić information content (AvgIpc) is 3.43. The second-order valence-electron chi connectivity index (χ2n) is 7.63. The number of hydrogen-bond acceptors (Lipinski definition) is 6. The van der Waals surface area contributed by atoms with Gasteiger partial charge in [-0.15, -0.1) is 0 Å². The molecule has 2 N–H and O–H groups in total. The topological polar surface area (TPSA) is 76.9 Å². The van der Waals surface area contributed by atoms with E-state index in [2.05, 4.69) is 20.2 Å². The van der Waals surface area contributed by atoms with E-state index < -0.39 is 0 Å². The molecular formula is C23H23ClN6O. The van der Waals surface area contributed by atoms with Crippen LogP contribution in [0.25, 0.3) is 11.2 Å². The number of ether oxygens (including phenoxy) is 1. The van der Waals surface area contributed by atoms with Crippen molar-refractivity contribution in [3.05, 3.63) is 59.8 Å². The first-order valence-electron chi connectivity index (χ1n) is 10.4. The van der Waals surface area contributed by atoms with Gasteiger partial charge in [0.1, 0.15) is 11.3 Å². The normalized spacial score (nSPS) is 14.1. The lowest BCUT2D eigenvalue weighted by atomic mass is 10.2. The fourth-order valence-electron chi connectivity index (χ4n) is 4.01. The Balaban J connectivity index is 1.51. The van der Waals surface area contributed by atoms with E-state index >= 15 is 0 Å². The minimum Gasteiger partial charge on any atom is -0.497 e. The number of rotatable bonds is 6. The maximum Gasteiger partial charge on any atom is 0.229 e. The summed E-state index contributed by atoms with van der Waals surface area (Å²) in [5.74, 6) is 2.12. The predicted molar refractivity (Wildman–Crippen MR) is 124 cm³/mol. The summed E-state index contributed by atoms with van der Waals surface area (Å²) in [6.07, 6.45) is 6.43. The molecule has 0 saturated heterocycles. The van der Waals surface area contributed by atoms with Crippen molar-refractivity contribution in [2.45, 2.75) is 31.7 Å². The van der Waals surface area contributed by atoms with Gasteiger partial charge in [0.2, 0.25) is 11.9 Å². The number of methoxy groups -OCH3 is 1. The van der Waals surface area contributed by atoms with Crippen molar-refractivity contribution in [3.63, 3.8) is 0 Å². The van der Waals surface area contributed by atoms with E-state index in [1.165, 1.54) is 12.8 Å². The monoisotopic (exact) mass is 434 g/mol. The molecule has 0 unspecified atom stereocenters. The van der Waals surface area contributed by atoms with Gasteiger partial charge in [0.25, 0.3) is 0 Å². The Morgan fingerprint density at radius 3 is 2.32 bits per heavy atom. The average molecular weight is 435 g/mol. The fourth-order valence-corrected chi connectivity index (χ4v) is 4.14. The summed E-state index contributed by atoms with van der Waals surface area (Å²) in [4.78, 5) is 14.1. The van der Waals surface area contributed by atoms with Gasteiger partial charge in [-0.05, 0) is 61.4 Å². The summed E-state index contributed by atoms with van der Waals surface area (Å²) in [5, 5.41) is 7.42. The minimum absolute atomic E-state index is 0.364. The Labute approximate surface area is 185 Å². The Morgan fingerprint density at radius 2 is 1.61 bits per heavy atom. The van der Waals surface area contributed by atoms with E-state index in [9.17, 15) is 0 Å². The van der Waals surface area contributed by atoms with Crippen LogP contribution in [0.5, 0.6) is 5.75 Å². The van der Waals surface area contributed by atoms with E-state index in [-0.39, 0.29) is 0 Å². The smallest absolute Gasteiger partial charge is 0.229 e. The van der Waals surface area contributed by atoms with E-state index in [0.29, 0.717) is 17.0 Å². The van der Waals surface area contributed by atoms with Crippen molar-refractivity contribution < 1.29 is 4.74 Å². The molecule has 1 aliphatic rings. The zero-order chi connectivity index (χ0) is 21.2. The molecule has 0 spiro atoms. The molecule has 31 heavy (non-hydrogen) atoms. The number of hydrogen-bond donors (Lipinski definition) is 2. The number of aromatic nitrogens is 4. The third-order valence-electron chi connectivity index (χ3n) is 5.57. The highest BCUT2D eigenvalue weighted by Crippen LogP contribution is 2.36. The molecule has 2 aromatic carbocycles. The van der Waals surface area contributed by atoms with Crippen molar-refractivity contribution in [2.24, 2.45) is 0 Å². The Kier molecular flexibility index (Phi) is 5.34. The standard InChI is InChI=1S/C23H23ClN6O/c1-31-19-12-10-16(11-13-19)26-22-25-14-20-21(29-22)30(18-4-2-3-5-18)23(28-20)27-17-8-6-15(24)7-9-17/h6-14,18H,2-5H2,1H3,(H,27,28)(H,25,26,29). The van der Waals surface area contributed by atoms with Crippen molar-refractivity contribution in [2.75, 3.05) is 17.7 Å². The van der Waals surface area contributed by atoms with Crippen LogP contribution in [0.15, 0.2) is 54.7 Å². The highest BCUT2D eigenvalue weighted by molar-refractivity contribution is 6.30. The molecule has 0 aliphatic heterocycles. The molecule has 2 aromatic heterocycles. The second-order valence-corrected chi connectivity index (χ2v) is 8.07. The van der Waals surface area contributed by atoms with Crippen molar-refractivity contribution in [3.8, 4) is 5.75 Å². The first-order valence-corrected chi connectivity index (χ1v) is 10.8. The number of nitrogens with zero attached hydrogens (tertiary/aromatic N) is 4. The minimum atomic E-state index is 0.364. The van der Waals surface area contributed by atoms with Crippen molar-refractivity contribution in [1.82, 2.24) is 19.5 Å². The van der Waals surface area contributed by atoms with Gasteiger partial charge in [-0.2, -0.15) is 4.98 Å². The maximum atomic E-state index is 6.03. The van der Waals surface area contributed by atoms with E-state index in [1.54, 1.807) is 13.3 Å². The van der Waals surface area contributed by atoms with E-state index in [1.807, 2.05) is 48.5 Å². The third kappa shape index (κ3) is 4.14. The molecule has 7 nitrogen and oxygen atoms in total. The van der Waals surface area contributed by atoms with Crippen LogP contribution in [-0.4, -0.2) is 26.6 Å². The lowest BCUT2D eigenvalue weighted by Crippen LogP contribution is -2.10. The summed E-state index contributed by atoms with van der Waals surface area (Å²) in [5.41, 5.74) is 3.42. The molecule has 0 radical (unpaired) electrons. The van der Waals surface area contributed by atoms with Gasteiger partial charge in [-0.25, -0.2) is 9.97 Å². The summed E-state index contributed by atoms with van der Waals surface area (Å²) in [6, 6.07) is 15.7. The number of fused-ring (bicyclic) bond motifs is 1. The largest absolute Gasteiger partial charge is 0.497 e. The van der Waals surface area contributed by atoms with Gasteiger partial charge < -0.3 is 15.4 Å². The zero-order valence-corrected chi connectivity index (χ0v) is 17.9. The Bertz CT molecular complexity index is 1180. The highest BCUT2D eigenvalue weighted by Gasteiger charge is 2.24. The number of halogens is 1. The number of anilines is 4.